The molecule has 0 aromatic heterocycles. The minimum absolute atomic E-state index is 0.235. The normalized spacial score (nSPS) is 14.3. The third kappa shape index (κ3) is 2.38. The highest BCUT2D eigenvalue weighted by Crippen LogP contribution is 2.19. The number of carbonyl (C=O) groups excluding carboxylic acids is 1. The van der Waals surface area contributed by atoms with E-state index in [0.29, 0.717) is 0 Å². The highest BCUT2D eigenvalue weighted by atomic mass is 19.3. The Kier molecular flexibility index (Phi) is 3.31. The van der Waals surface area contributed by atoms with Gasteiger partial charge in [-0.25, -0.2) is 9.18 Å². The zero-order chi connectivity index (χ0) is 9.07. The number of carbonyl (C=O) groups is 1. The van der Waals surface area contributed by atoms with E-state index in [1.54, 1.807) is 0 Å². The lowest BCUT2D eigenvalue weighted by atomic mass is 10.3. The van der Waals surface area contributed by atoms with Crippen molar-refractivity contribution in [3.05, 3.63) is 0 Å². The molecule has 0 aliphatic heterocycles. The maximum absolute atomic E-state index is 12.2. The SMILES string of the molecule is CCOC(=O)C(F)(F)C(N)F. The first kappa shape index (κ1) is 10.2. The van der Waals surface area contributed by atoms with E-state index < -0.39 is 18.2 Å². The second kappa shape index (κ2) is 3.56. The summed E-state index contributed by atoms with van der Waals surface area (Å²) >= 11 is 0. The Bertz CT molecular complexity index is 149. The third-order valence-corrected chi connectivity index (χ3v) is 0.894. The van der Waals surface area contributed by atoms with E-state index >= 15 is 0 Å². The average Bonchev–Trinajstić information content (AvgIpc) is 1.88. The molecule has 0 saturated heterocycles. The summed E-state index contributed by atoms with van der Waals surface area (Å²) in [6.07, 6.45) is -3.01. The zero-order valence-electron chi connectivity index (χ0n) is 5.81. The van der Waals surface area contributed by atoms with Gasteiger partial charge in [0.2, 0.25) is 6.30 Å². The van der Waals surface area contributed by atoms with E-state index in [1.165, 1.54) is 6.92 Å². The molecular formula is C5H8F3NO2. The van der Waals surface area contributed by atoms with Gasteiger partial charge in [-0.05, 0) is 6.92 Å². The Morgan fingerprint density at radius 2 is 2.18 bits per heavy atom. The molecule has 3 nitrogen and oxygen atoms in total. The van der Waals surface area contributed by atoms with Crippen molar-refractivity contribution in [2.75, 3.05) is 6.61 Å². The van der Waals surface area contributed by atoms with Gasteiger partial charge in [0.25, 0.3) is 0 Å². The maximum atomic E-state index is 12.2. The van der Waals surface area contributed by atoms with Gasteiger partial charge in [0.15, 0.2) is 0 Å². The van der Waals surface area contributed by atoms with E-state index in [2.05, 4.69) is 10.5 Å². The van der Waals surface area contributed by atoms with Crippen LogP contribution in [0.25, 0.3) is 0 Å². The van der Waals surface area contributed by atoms with Crippen molar-refractivity contribution < 1.29 is 22.7 Å². The Morgan fingerprint density at radius 3 is 2.45 bits per heavy atom. The summed E-state index contributed by atoms with van der Waals surface area (Å²) in [5.41, 5.74) is 4.18. The molecule has 0 fully saturated rings. The quantitative estimate of drug-likeness (QED) is 0.495. The number of esters is 1. The first-order valence-corrected chi connectivity index (χ1v) is 2.87. The van der Waals surface area contributed by atoms with Crippen LogP contribution in [0.5, 0.6) is 0 Å². The van der Waals surface area contributed by atoms with Gasteiger partial charge in [0.05, 0.1) is 6.61 Å². The molecule has 2 N–H and O–H groups in total. The first-order chi connectivity index (χ1) is 4.92. The van der Waals surface area contributed by atoms with Crippen LogP contribution in [0.3, 0.4) is 0 Å². The van der Waals surface area contributed by atoms with Crippen LogP contribution in [-0.2, 0) is 9.53 Å². The highest BCUT2D eigenvalue weighted by molar-refractivity contribution is 5.78. The van der Waals surface area contributed by atoms with Gasteiger partial charge in [-0.1, -0.05) is 0 Å². The number of rotatable bonds is 3. The Hall–Kier alpha value is -0.780. The van der Waals surface area contributed by atoms with Crippen LogP contribution in [0.2, 0.25) is 0 Å². The summed E-state index contributed by atoms with van der Waals surface area (Å²) < 4.78 is 39.9. The molecule has 11 heavy (non-hydrogen) atoms. The molecule has 0 spiro atoms. The monoisotopic (exact) mass is 171 g/mol. The minimum atomic E-state index is -4.24. The molecule has 0 aliphatic rings. The molecule has 66 valence electrons. The zero-order valence-corrected chi connectivity index (χ0v) is 5.81. The van der Waals surface area contributed by atoms with Crippen molar-refractivity contribution in [1.29, 1.82) is 0 Å². The summed E-state index contributed by atoms with van der Waals surface area (Å²) in [4.78, 5) is 10.2. The highest BCUT2D eigenvalue weighted by Gasteiger charge is 2.47. The van der Waals surface area contributed by atoms with Crippen LogP contribution in [0, 0.1) is 0 Å². The fourth-order valence-corrected chi connectivity index (χ4v) is 0.340. The van der Waals surface area contributed by atoms with Crippen molar-refractivity contribution in [2.45, 2.75) is 19.1 Å². The summed E-state index contributed by atoms with van der Waals surface area (Å²) in [5.74, 6) is -6.18. The van der Waals surface area contributed by atoms with Crippen molar-refractivity contribution in [3.8, 4) is 0 Å². The molecule has 0 aromatic rings. The van der Waals surface area contributed by atoms with Gasteiger partial charge in [0, 0.05) is 0 Å². The van der Waals surface area contributed by atoms with Crippen LogP contribution in [-0.4, -0.2) is 24.8 Å². The second-order valence-electron chi connectivity index (χ2n) is 1.75. The molecule has 0 saturated carbocycles. The van der Waals surface area contributed by atoms with Gasteiger partial charge in [-0.15, -0.1) is 0 Å². The molecule has 0 heterocycles. The molecule has 0 rings (SSSR count). The molecule has 0 aliphatic carbocycles. The number of nitrogens with two attached hydrogens (primary N) is 1. The van der Waals surface area contributed by atoms with Crippen LogP contribution in [0.1, 0.15) is 6.92 Å². The Morgan fingerprint density at radius 1 is 1.73 bits per heavy atom. The standard InChI is InChI=1S/C5H8F3NO2/c1-2-11-4(10)5(7,8)3(6)9/h3H,2,9H2,1H3. The predicted molar refractivity (Wildman–Crippen MR) is 30.7 cm³/mol. The van der Waals surface area contributed by atoms with Crippen LogP contribution >= 0.6 is 0 Å². The summed E-state index contributed by atoms with van der Waals surface area (Å²) in [5, 5.41) is 0. The average molecular weight is 171 g/mol. The summed E-state index contributed by atoms with van der Waals surface area (Å²) in [6, 6.07) is 0. The van der Waals surface area contributed by atoms with E-state index in [9.17, 15) is 18.0 Å². The minimum Gasteiger partial charge on any atom is -0.461 e. The molecule has 1 unspecified atom stereocenters. The lowest BCUT2D eigenvalue weighted by molar-refractivity contribution is -0.180. The molecule has 6 heteroatoms. The Balaban J connectivity index is 4.18. The van der Waals surface area contributed by atoms with E-state index in [4.69, 9.17) is 0 Å². The van der Waals surface area contributed by atoms with Gasteiger partial charge < -0.3 is 4.74 Å². The summed E-state index contributed by atoms with van der Waals surface area (Å²) in [7, 11) is 0. The van der Waals surface area contributed by atoms with Gasteiger partial charge in [-0.2, -0.15) is 8.78 Å². The van der Waals surface area contributed by atoms with Crippen LogP contribution in [0.15, 0.2) is 0 Å². The topological polar surface area (TPSA) is 52.3 Å². The van der Waals surface area contributed by atoms with Crippen molar-refractivity contribution >= 4 is 5.97 Å². The van der Waals surface area contributed by atoms with Crippen LogP contribution in [0.4, 0.5) is 13.2 Å². The predicted octanol–water partition coefficient (Wildman–Crippen LogP) is 0.439. The molecule has 1 atom stereocenters. The number of alkyl halides is 3. The van der Waals surface area contributed by atoms with Gasteiger partial charge in [-0.3, -0.25) is 5.73 Å². The number of hydrogen-bond donors (Lipinski definition) is 1. The van der Waals surface area contributed by atoms with E-state index in [1.807, 2.05) is 0 Å². The number of halogens is 3. The lowest BCUT2D eigenvalue weighted by Crippen LogP contribution is -2.45. The lowest BCUT2D eigenvalue weighted by Gasteiger charge is -2.14. The van der Waals surface area contributed by atoms with Crippen LogP contribution < -0.4 is 5.73 Å². The largest absolute Gasteiger partial charge is 0.461 e. The molecule has 0 bridgehead atoms. The molecular weight excluding hydrogens is 163 g/mol. The smallest absolute Gasteiger partial charge is 0.385 e. The van der Waals surface area contributed by atoms with Crippen molar-refractivity contribution in [2.24, 2.45) is 5.73 Å². The first-order valence-electron chi connectivity index (χ1n) is 2.87. The number of hydrogen-bond acceptors (Lipinski definition) is 3. The summed E-state index contributed by atoms with van der Waals surface area (Å²) in [6.45, 7) is 1.10. The molecule has 0 aromatic carbocycles. The fourth-order valence-electron chi connectivity index (χ4n) is 0.340. The molecule has 0 radical (unpaired) electrons. The van der Waals surface area contributed by atoms with Crippen molar-refractivity contribution in [3.63, 3.8) is 0 Å². The van der Waals surface area contributed by atoms with Gasteiger partial charge >= 0.3 is 11.9 Å². The maximum Gasteiger partial charge on any atom is 0.385 e. The van der Waals surface area contributed by atoms with Crippen molar-refractivity contribution in [1.82, 2.24) is 0 Å². The van der Waals surface area contributed by atoms with Gasteiger partial charge in [0.1, 0.15) is 0 Å². The Labute approximate surface area is 61.3 Å². The second-order valence-corrected chi connectivity index (χ2v) is 1.75. The van der Waals surface area contributed by atoms with E-state index in [-0.39, 0.29) is 6.61 Å². The fraction of sp³-hybridized carbons (Fsp3) is 0.800. The third-order valence-electron chi connectivity index (χ3n) is 0.894. The number of ether oxygens (including phenoxy) is 1. The molecule has 0 amide bonds. The van der Waals surface area contributed by atoms with E-state index in [0.717, 1.165) is 0 Å².